The van der Waals surface area contributed by atoms with Gasteiger partial charge in [0.1, 0.15) is 17.9 Å². The summed E-state index contributed by atoms with van der Waals surface area (Å²) < 4.78 is 60.6. The van der Waals surface area contributed by atoms with Crippen LogP contribution in [0.5, 0.6) is 0 Å². The number of hydrogen-bond acceptors (Lipinski definition) is 5. The smallest absolute Gasteiger partial charge is 0.269 e. The lowest BCUT2D eigenvalue weighted by Crippen LogP contribution is -2.12. The lowest BCUT2D eigenvalue weighted by Gasteiger charge is -2.08. The quantitative estimate of drug-likeness (QED) is 0.401. The van der Waals surface area contributed by atoms with Gasteiger partial charge in [-0.1, -0.05) is 18.2 Å². The molecule has 9 heteroatoms. The summed E-state index contributed by atoms with van der Waals surface area (Å²) in [6, 6.07) is 12.7. The van der Waals surface area contributed by atoms with E-state index in [1.165, 1.54) is 43.1 Å². The Labute approximate surface area is 175 Å². The predicted molar refractivity (Wildman–Crippen MR) is 110 cm³/mol. The van der Waals surface area contributed by atoms with Crippen molar-refractivity contribution in [3.63, 3.8) is 0 Å². The fourth-order valence-corrected chi connectivity index (χ4v) is 4.71. The van der Waals surface area contributed by atoms with Crippen molar-refractivity contribution in [1.29, 1.82) is 0 Å². The molecule has 0 aliphatic carbocycles. The highest BCUT2D eigenvalue weighted by molar-refractivity contribution is 7.90. The minimum Gasteiger partial charge on any atom is -0.444 e. The Bertz CT molecular complexity index is 1510. The first-order valence-electron chi connectivity index (χ1n) is 9.12. The van der Waals surface area contributed by atoms with Crippen molar-refractivity contribution >= 4 is 21.1 Å². The first-order valence-corrected chi connectivity index (χ1v) is 10.6. The van der Waals surface area contributed by atoms with Crippen LogP contribution in [0, 0.1) is 11.6 Å². The van der Waals surface area contributed by atoms with Crippen molar-refractivity contribution in [2.24, 2.45) is 0 Å². The minimum atomic E-state index is -3.97. The molecule has 0 atom stereocenters. The number of hydrogen-bond donors (Lipinski definition) is 0. The normalized spacial score (nSPS) is 11.8. The van der Waals surface area contributed by atoms with Crippen molar-refractivity contribution in [2.45, 2.75) is 4.90 Å². The Morgan fingerprint density at radius 1 is 0.935 bits per heavy atom. The van der Waals surface area contributed by atoms with E-state index in [4.69, 9.17) is 4.42 Å². The summed E-state index contributed by atoms with van der Waals surface area (Å²) in [4.78, 5) is 8.49. The zero-order valence-corrected chi connectivity index (χ0v) is 16.6. The molecule has 2 aromatic carbocycles. The summed E-state index contributed by atoms with van der Waals surface area (Å²) in [7, 11) is -3.97. The zero-order valence-electron chi connectivity index (χ0n) is 15.7. The van der Waals surface area contributed by atoms with E-state index in [-0.39, 0.29) is 22.0 Å². The maximum Gasteiger partial charge on any atom is 0.269 e. The predicted octanol–water partition coefficient (Wildman–Crippen LogP) is 4.87. The molecule has 5 rings (SSSR count). The number of benzene rings is 2. The second kappa shape index (κ2) is 7.13. The largest absolute Gasteiger partial charge is 0.444 e. The first-order chi connectivity index (χ1) is 14.9. The highest BCUT2D eigenvalue weighted by atomic mass is 32.2. The number of halogens is 2. The van der Waals surface area contributed by atoms with E-state index >= 15 is 0 Å². The molecule has 0 unspecified atom stereocenters. The average Bonchev–Trinajstić information content (AvgIpc) is 3.42. The molecule has 0 bridgehead atoms. The molecule has 5 aromatic rings. The van der Waals surface area contributed by atoms with Crippen LogP contribution in [-0.4, -0.2) is 22.4 Å². The number of nitrogens with zero attached hydrogens (tertiary/aromatic N) is 3. The monoisotopic (exact) mass is 437 g/mol. The highest BCUT2D eigenvalue weighted by Gasteiger charge is 2.24. The molecule has 3 heterocycles. The molecule has 0 fully saturated rings. The number of fused-ring (bicyclic) bond motifs is 1. The van der Waals surface area contributed by atoms with Gasteiger partial charge >= 0.3 is 0 Å². The Hall–Kier alpha value is -3.85. The number of rotatable bonds is 4. The van der Waals surface area contributed by atoms with Gasteiger partial charge in [0.05, 0.1) is 16.7 Å². The van der Waals surface area contributed by atoms with Gasteiger partial charge in [-0.2, -0.15) is 0 Å². The first kappa shape index (κ1) is 19.1. The Balaban J connectivity index is 1.78. The molecule has 0 amide bonds. The molecule has 31 heavy (non-hydrogen) atoms. The molecule has 0 radical (unpaired) electrons. The van der Waals surface area contributed by atoms with Crippen LogP contribution >= 0.6 is 0 Å². The van der Waals surface area contributed by atoms with E-state index < -0.39 is 21.7 Å². The highest BCUT2D eigenvalue weighted by Crippen LogP contribution is 2.34. The third-order valence-electron chi connectivity index (χ3n) is 4.82. The van der Waals surface area contributed by atoms with Crippen molar-refractivity contribution < 1.29 is 21.6 Å². The summed E-state index contributed by atoms with van der Waals surface area (Å²) in [5.41, 5.74) is 0.986. The van der Waals surface area contributed by atoms with Gasteiger partial charge in [0.15, 0.2) is 5.65 Å². The zero-order chi connectivity index (χ0) is 21.6. The van der Waals surface area contributed by atoms with Gasteiger partial charge in [-0.3, -0.25) is 0 Å². The minimum absolute atomic E-state index is 0.0845. The van der Waals surface area contributed by atoms with Crippen LogP contribution in [0.15, 0.2) is 88.8 Å². The molecule has 6 nitrogen and oxygen atoms in total. The van der Waals surface area contributed by atoms with Crippen LogP contribution in [-0.2, 0) is 10.0 Å². The van der Waals surface area contributed by atoms with E-state index in [1.54, 1.807) is 24.3 Å². The second-order valence-corrected chi connectivity index (χ2v) is 8.53. The lowest BCUT2D eigenvalue weighted by molar-refractivity contribution is 0.575. The Morgan fingerprint density at radius 2 is 1.74 bits per heavy atom. The number of aromatic nitrogens is 3. The van der Waals surface area contributed by atoms with Crippen LogP contribution in [0.3, 0.4) is 0 Å². The molecular formula is C22H13F2N3O3S. The van der Waals surface area contributed by atoms with E-state index in [1.807, 2.05) is 0 Å². The van der Waals surface area contributed by atoms with Crippen molar-refractivity contribution in [3.8, 4) is 22.6 Å². The van der Waals surface area contributed by atoms with Gasteiger partial charge in [0.25, 0.3) is 10.0 Å². The van der Waals surface area contributed by atoms with Crippen LogP contribution < -0.4 is 0 Å². The molecule has 0 saturated heterocycles. The third kappa shape index (κ3) is 3.19. The summed E-state index contributed by atoms with van der Waals surface area (Å²) >= 11 is 0. The summed E-state index contributed by atoms with van der Waals surface area (Å²) in [6.07, 6.45) is 5.51. The lowest BCUT2D eigenvalue weighted by atomic mass is 10.0. The Kier molecular flexibility index (Phi) is 4.40. The van der Waals surface area contributed by atoms with Gasteiger partial charge in [0.2, 0.25) is 5.89 Å². The molecule has 3 aromatic heterocycles. The molecule has 154 valence electrons. The fourth-order valence-electron chi connectivity index (χ4n) is 3.37. The standard InChI is InChI=1S/C22H13F2N3O3S/c23-15-6-7-17(20(24)11-15)14-10-18-19(22-25-8-9-30-22)13-27(21(18)26-12-14)31(28,29)16-4-2-1-3-5-16/h1-13H. The molecule has 0 aliphatic rings. The van der Waals surface area contributed by atoms with Crippen molar-refractivity contribution in [1.82, 2.24) is 13.9 Å². The van der Waals surface area contributed by atoms with E-state index in [0.717, 1.165) is 16.1 Å². The molecule has 0 spiro atoms. The van der Waals surface area contributed by atoms with E-state index in [9.17, 15) is 17.2 Å². The maximum absolute atomic E-state index is 14.3. The molecule has 0 saturated carbocycles. The van der Waals surface area contributed by atoms with Crippen LogP contribution in [0.2, 0.25) is 0 Å². The summed E-state index contributed by atoms with van der Waals surface area (Å²) in [5, 5.41) is 0.392. The summed E-state index contributed by atoms with van der Waals surface area (Å²) in [5.74, 6) is -1.27. The Morgan fingerprint density at radius 3 is 2.45 bits per heavy atom. The van der Waals surface area contributed by atoms with Crippen molar-refractivity contribution in [3.05, 3.63) is 91.1 Å². The van der Waals surface area contributed by atoms with Gasteiger partial charge in [-0.05, 0) is 30.3 Å². The van der Waals surface area contributed by atoms with Crippen LogP contribution in [0.25, 0.3) is 33.6 Å². The number of oxazole rings is 1. The molecule has 0 aliphatic heterocycles. The van der Waals surface area contributed by atoms with Crippen LogP contribution in [0.1, 0.15) is 0 Å². The molecular weight excluding hydrogens is 424 g/mol. The third-order valence-corrected chi connectivity index (χ3v) is 6.48. The average molecular weight is 437 g/mol. The number of pyridine rings is 1. The SMILES string of the molecule is O=S(=O)(c1ccccc1)n1cc(-c2ncco2)c2cc(-c3ccc(F)cc3F)cnc21. The van der Waals surface area contributed by atoms with Gasteiger partial charge in [-0.15, -0.1) is 0 Å². The topological polar surface area (TPSA) is 78.0 Å². The van der Waals surface area contributed by atoms with Crippen molar-refractivity contribution in [2.75, 3.05) is 0 Å². The van der Waals surface area contributed by atoms with Gasteiger partial charge < -0.3 is 4.42 Å². The second-order valence-electron chi connectivity index (χ2n) is 6.71. The van der Waals surface area contributed by atoms with E-state index in [2.05, 4.69) is 9.97 Å². The fraction of sp³-hybridized carbons (Fsp3) is 0. The van der Waals surface area contributed by atoms with Gasteiger partial charge in [-0.25, -0.2) is 31.1 Å². The van der Waals surface area contributed by atoms with Crippen LogP contribution in [0.4, 0.5) is 8.78 Å². The molecule has 0 N–H and O–H groups in total. The summed E-state index contributed by atoms with van der Waals surface area (Å²) in [6.45, 7) is 0. The maximum atomic E-state index is 14.3. The van der Waals surface area contributed by atoms with E-state index in [0.29, 0.717) is 16.5 Å². The van der Waals surface area contributed by atoms with Gasteiger partial charge in [0, 0.05) is 35.0 Å².